The minimum absolute atomic E-state index is 0.331. The Balaban J connectivity index is 2.38. The van der Waals surface area contributed by atoms with Gasteiger partial charge >= 0.3 is 0 Å². The molecule has 1 saturated heterocycles. The van der Waals surface area contributed by atoms with E-state index in [2.05, 4.69) is 0 Å². The van der Waals surface area contributed by atoms with Crippen molar-refractivity contribution in [3.05, 3.63) is 11.8 Å². The topological polar surface area (TPSA) is 173 Å². The number of rotatable bonds is 4. The zero-order valence-corrected chi connectivity index (χ0v) is 13.5. The predicted molar refractivity (Wildman–Crippen MR) is 77.1 cm³/mol. The second-order valence-corrected chi connectivity index (χ2v) is 5.70. The second kappa shape index (κ2) is 7.22. The average Bonchev–Trinajstić information content (AvgIpc) is 2.62. The van der Waals surface area contributed by atoms with Gasteiger partial charge in [-0.2, -0.15) is 5.26 Å². The Hall–Kier alpha value is -1.78. The Labute approximate surface area is 142 Å². The van der Waals surface area contributed by atoms with Crippen molar-refractivity contribution in [1.29, 1.82) is 5.26 Å². The number of nitriles is 1. The van der Waals surface area contributed by atoms with Gasteiger partial charge in [-0.15, -0.1) is 0 Å². The van der Waals surface area contributed by atoms with Crippen LogP contribution in [0.15, 0.2) is 11.8 Å². The Morgan fingerprint density at radius 2 is 1.96 bits per heavy atom. The SMILES string of the molecule is COC1=CC(=O)N(C)[C@@H](O)[C@]1(C#N)O[C@@H]1O[C@H](CO)[C@@H](O)[C@H](O)[C@H]1O. The molecule has 11 heteroatoms. The van der Waals surface area contributed by atoms with E-state index in [1.54, 1.807) is 6.07 Å². The van der Waals surface area contributed by atoms with Gasteiger partial charge in [0.25, 0.3) is 11.5 Å². The van der Waals surface area contributed by atoms with Crippen LogP contribution in [0.25, 0.3) is 0 Å². The highest BCUT2D eigenvalue weighted by Crippen LogP contribution is 2.35. The lowest BCUT2D eigenvalue weighted by Crippen LogP contribution is -2.65. The van der Waals surface area contributed by atoms with Crippen LogP contribution in [0.1, 0.15) is 0 Å². The number of carbonyl (C=O) groups excluding carboxylic acids is 1. The predicted octanol–water partition coefficient (Wildman–Crippen LogP) is -3.61. The number of nitrogens with zero attached hydrogens (tertiary/aromatic N) is 2. The van der Waals surface area contributed by atoms with Gasteiger partial charge in [-0.3, -0.25) is 4.79 Å². The van der Waals surface area contributed by atoms with Gasteiger partial charge in [0, 0.05) is 13.1 Å². The molecule has 0 saturated carbocycles. The monoisotopic (exact) mass is 360 g/mol. The van der Waals surface area contributed by atoms with Gasteiger partial charge in [0.15, 0.2) is 18.3 Å². The lowest BCUT2D eigenvalue weighted by atomic mass is 9.94. The average molecular weight is 360 g/mol. The summed E-state index contributed by atoms with van der Waals surface area (Å²) in [5, 5.41) is 58.8. The molecule has 2 rings (SSSR count). The number of aliphatic hydroxyl groups is 5. The van der Waals surface area contributed by atoms with Crippen molar-refractivity contribution in [2.45, 2.75) is 42.5 Å². The third kappa shape index (κ3) is 3.09. The van der Waals surface area contributed by atoms with Crippen molar-refractivity contribution in [2.75, 3.05) is 20.8 Å². The summed E-state index contributed by atoms with van der Waals surface area (Å²) in [7, 11) is 2.37. The number of ether oxygens (including phenoxy) is 3. The first-order valence-electron chi connectivity index (χ1n) is 7.34. The molecule has 0 bridgehead atoms. The highest BCUT2D eigenvalue weighted by atomic mass is 16.7. The van der Waals surface area contributed by atoms with Crippen molar-refractivity contribution in [3.8, 4) is 6.07 Å². The Morgan fingerprint density at radius 1 is 1.32 bits per heavy atom. The third-order valence-corrected chi connectivity index (χ3v) is 4.24. The number of hydrogen-bond donors (Lipinski definition) is 5. The van der Waals surface area contributed by atoms with Crippen LogP contribution in [0, 0.1) is 11.3 Å². The zero-order chi connectivity index (χ0) is 18.9. The maximum Gasteiger partial charge on any atom is 0.258 e. The van der Waals surface area contributed by atoms with Gasteiger partial charge in [-0.1, -0.05) is 0 Å². The summed E-state index contributed by atoms with van der Waals surface area (Å²) in [6, 6.07) is 1.69. The molecular weight excluding hydrogens is 340 g/mol. The smallest absolute Gasteiger partial charge is 0.258 e. The van der Waals surface area contributed by atoms with Crippen LogP contribution in [0.5, 0.6) is 0 Å². The largest absolute Gasteiger partial charge is 0.496 e. The van der Waals surface area contributed by atoms with Gasteiger partial charge < -0.3 is 44.6 Å². The summed E-state index contributed by atoms with van der Waals surface area (Å²) < 4.78 is 15.6. The lowest BCUT2D eigenvalue weighted by Gasteiger charge is -2.45. The molecule has 0 spiro atoms. The quantitative estimate of drug-likeness (QED) is 0.337. The van der Waals surface area contributed by atoms with Crippen molar-refractivity contribution < 1.29 is 44.5 Å². The summed E-state index contributed by atoms with van der Waals surface area (Å²) in [5.41, 5.74) is -2.26. The molecule has 0 aromatic carbocycles. The molecule has 2 aliphatic rings. The summed E-state index contributed by atoms with van der Waals surface area (Å²) in [5.74, 6) is -0.977. The Kier molecular flexibility index (Phi) is 5.65. The van der Waals surface area contributed by atoms with E-state index >= 15 is 0 Å². The zero-order valence-electron chi connectivity index (χ0n) is 13.5. The second-order valence-electron chi connectivity index (χ2n) is 5.70. The van der Waals surface area contributed by atoms with Crippen LogP contribution < -0.4 is 0 Å². The minimum Gasteiger partial charge on any atom is -0.496 e. The first kappa shape index (κ1) is 19.5. The van der Waals surface area contributed by atoms with Gasteiger partial charge in [0.2, 0.25) is 0 Å². The molecule has 0 aliphatic carbocycles. The number of amides is 1. The molecule has 0 aromatic heterocycles. The molecule has 7 atom stereocenters. The van der Waals surface area contributed by atoms with E-state index in [0.29, 0.717) is 0 Å². The van der Waals surface area contributed by atoms with E-state index in [1.807, 2.05) is 0 Å². The van der Waals surface area contributed by atoms with Crippen LogP contribution in [0.4, 0.5) is 0 Å². The van der Waals surface area contributed by atoms with Gasteiger partial charge in [-0.25, -0.2) is 0 Å². The van der Waals surface area contributed by atoms with Crippen molar-refractivity contribution in [1.82, 2.24) is 4.90 Å². The fourth-order valence-corrected chi connectivity index (χ4v) is 2.66. The van der Waals surface area contributed by atoms with Crippen molar-refractivity contribution in [3.63, 3.8) is 0 Å². The van der Waals surface area contributed by atoms with Crippen LogP contribution in [0.2, 0.25) is 0 Å². The van der Waals surface area contributed by atoms with Crippen LogP contribution in [0.3, 0.4) is 0 Å². The Morgan fingerprint density at radius 3 is 2.48 bits per heavy atom. The summed E-state index contributed by atoms with van der Waals surface area (Å²) >= 11 is 0. The highest BCUT2D eigenvalue weighted by molar-refractivity contribution is 5.90. The maximum atomic E-state index is 11.8. The number of methoxy groups -OCH3 is 1. The van der Waals surface area contributed by atoms with Crippen LogP contribution in [-0.2, 0) is 19.0 Å². The summed E-state index contributed by atoms with van der Waals surface area (Å²) in [6.07, 6.45) is -9.00. The number of carbonyl (C=O) groups is 1. The van der Waals surface area contributed by atoms with E-state index < -0.39 is 55.0 Å². The standard InChI is InChI=1S/C14H20N2O9/c1-16-8(18)3-7(23-2)14(5-15,13(16)22)25-12-11(21)10(20)9(19)6(4-17)24-12/h3,6,9-13,17,19-22H,4H2,1-2H3/t6-,9-,10+,11-,12+,13+,14-/m1/s1. The molecule has 0 aromatic rings. The summed E-state index contributed by atoms with van der Waals surface area (Å²) in [4.78, 5) is 12.6. The van der Waals surface area contributed by atoms with Gasteiger partial charge in [-0.05, 0) is 0 Å². The molecule has 0 radical (unpaired) electrons. The van der Waals surface area contributed by atoms with E-state index in [9.17, 15) is 35.6 Å². The molecule has 11 nitrogen and oxygen atoms in total. The van der Waals surface area contributed by atoms with Crippen LogP contribution in [-0.4, -0.2) is 99.6 Å². The van der Waals surface area contributed by atoms with Crippen molar-refractivity contribution >= 4 is 5.91 Å². The van der Waals surface area contributed by atoms with Gasteiger partial charge in [0.05, 0.1) is 13.7 Å². The van der Waals surface area contributed by atoms with Crippen molar-refractivity contribution in [2.24, 2.45) is 0 Å². The summed E-state index contributed by atoms with van der Waals surface area (Å²) in [6.45, 7) is -0.696. The molecular formula is C14H20N2O9. The molecule has 2 heterocycles. The molecule has 1 fully saturated rings. The minimum atomic E-state index is -2.26. The Bertz CT molecular complexity index is 589. The number of hydrogen-bond acceptors (Lipinski definition) is 10. The van der Waals surface area contributed by atoms with E-state index in [4.69, 9.17) is 14.2 Å². The van der Waals surface area contributed by atoms with Gasteiger partial charge in [0.1, 0.15) is 30.5 Å². The van der Waals surface area contributed by atoms with E-state index in [-0.39, 0.29) is 5.76 Å². The molecule has 25 heavy (non-hydrogen) atoms. The first-order valence-corrected chi connectivity index (χ1v) is 7.34. The molecule has 1 amide bonds. The fraction of sp³-hybridized carbons (Fsp3) is 0.714. The molecule has 0 unspecified atom stereocenters. The maximum absolute atomic E-state index is 11.8. The third-order valence-electron chi connectivity index (χ3n) is 4.24. The fourth-order valence-electron chi connectivity index (χ4n) is 2.66. The number of likely N-dealkylation sites (N-methyl/N-ethyl adjacent to an activating group) is 1. The molecule has 5 N–H and O–H groups in total. The van der Waals surface area contributed by atoms with E-state index in [0.717, 1.165) is 18.1 Å². The molecule has 140 valence electrons. The normalized spacial score (nSPS) is 41.9. The van der Waals surface area contributed by atoms with Crippen LogP contribution >= 0.6 is 0 Å². The highest BCUT2D eigenvalue weighted by Gasteiger charge is 2.56. The number of aliphatic hydroxyl groups excluding tert-OH is 5. The van der Waals surface area contributed by atoms with E-state index in [1.165, 1.54) is 7.05 Å². The first-order chi connectivity index (χ1) is 11.7. The molecule has 2 aliphatic heterocycles. The lowest BCUT2D eigenvalue weighted by molar-refractivity contribution is -0.331.